The fourth-order valence-corrected chi connectivity index (χ4v) is 2.08. The first-order valence-electron chi connectivity index (χ1n) is 5.75. The molecular formula is C13H16N2O2. The van der Waals surface area contributed by atoms with Crippen LogP contribution in [0, 0.1) is 0 Å². The van der Waals surface area contributed by atoms with Crippen LogP contribution in [0.1, 0.15) is 6.92 Å². The van der Waals surface area contributed by atoms with Gasteiger partial charge < -0.3 is 19.8 Å². The molecule has 4 nitrogen and oxygen atoms in total. The molecule has 2 aromatic rings. The number of aromatic amines is 1. The summed E-state index contributed by atoms with van der Waals surface area (Å²) >= 11 is 0. The van der Waals surface area contributed by atoms with Crippen LogP contribution < -0.4 is 14.8 Å². The molecule has 90 valence electrons. The van der Waals surface area contributed by atoms with Crippen molar-refractivity contribution in [1.82, 2.24) is 10.3 Å². The highest BCUT2D eigenvalue weighted by Gasteiger charge is 2.34. The fraction of sp³-hybridized carbons (Fsp3) is 0.385. The van der Waals surface area contributed by atoms with Gasteiger partial charge in [-0.15, -0.1) is 0 Å². The van der Waals surface area contributed by atoms with E-state index in [0.29, 0.717) is 0 Å². The van der Waals surface area contributed by atoms with Gasteiger partial charge in [-0.3, -0.25) is 0 Å². The Kier molecular flexibility index (Phi) is 2.26. The Bertz CT molecular complexity index is 543. The van der Waals surface area contributed by atoms with Crippen LogP contribution in [0.5, 0.6) is 11.6 Å². The van der Waals surface area contributed by atoms with Crippen LogP contribution in [0.3, 0.4) is 0 Å². The lowest BCUT2D eigenvalue weighted by Gasteiger charge is -2.38. The predicted octanol–water partition coefficient (Wildman–Crippen LogP) is 1.92. The third kappa shape index (κ3) is 1.85. The molecule has 1 saturated heterocycles. The zero-order chi connectivity index (χ0) is 11.9. The van der Waals surface area contributed by atoms with E-state index in [-0.39, 0.29) is 5.60 Å². The minimum absolute atomic E-state index is 0.0784. The highest BCUT2D eigenvalue weighted by molar-refractivity contribution is 5.82. The molecule has 0 amide bonds. The average molecular weight is 232 g/mol. The third-order valence-corrected chi connectivity index (χ3v) is 3.16. The molecule has 2 N–H and O–H groups in total. The zero-order valence-corrected chi connectivity index (χ0v) is 10.0. The number of benzene rings is 1. The van der Waals surface area contributed by atoms with Crippen molar-refractivity contribution < 1.29 is 9.47 Å². The molecule has 0 saturated carbocycles. The first-order valence-corrected chi connectivity index (χ1v) is 5.75. The van der Waals surface area contributed by atoms with Crippen LogP contribution in [0.25, 0.3) is 10.9 Å². The molecule has 0 aliphatic carbocycles. The van der Waals surface area contributed by atoms with Crippen molar-refractivity contribution in [2.24, 2.45) is 0 Å². The molecule has 0 radical (unpaired) electrons. The summed E-state index contributed by atoms with van der Waals surface area (Å²) in [5, 5.41) is 4.35. The van der Waals surface area contributed by atoms with Crippen LogP contribution in [0.4, 0.5) is 0 Å². The molecule has 1 aliphatic rings. The summed E-state index contributed by atoms with van der Waals surface area (Å²) < 4.78 is 11.1. The highest BCUT2D eigenvalue weighted by Crippen LogP contribution is 2.27. The first kappa shape index (κ1) is 10.5. The molecule has 0 atom stereocenters. The van der Waals surface area contributed by atoms with Crippen molar-refractivity contribution in [2.45, 2.75) is 12.5 Å². The average Bonchev–Trinajstić information content (AvgIpc) is 2.67. The number of hydrogen-bond acceptors (Lipinski definition) is 3. The van der Waals surface area contributed by atoms with Gasteiger partial charge in [0.05, 0.1) is 12.6 Å². The van der Waals surface area contributed by atoms with Crippen LogP contribution in [0.15, 0.2) is 24.3 Å². The second-order valence-corrected chi connectivity index (χ2v) is 4.74. The highest BCUT2D eigenvalue weighted by atomic mass is 16.5. The third-order valence-electron chi connectivity index (χ3n) is 3.16. The predicted molar refractivity (Wildman–Crippen MR) is 66.8 cm³/mol. The summed E-state index contributed by atoms with van der Waals surface area (Å²) in [7, 11) is 1.67. The Labute approximate surface area is 99.9 Å². The van der Waals surface area contributed by atoms with E-state index in [9.17, 15) is 0 Å². The number of ether oxygens (including phenoxy) is 2. The molecule has 1 aliphatic heterocycles. The molecule has 3 rings (SSSR count). The van der Waals surface area contributed by atoms with Crippen LogP contribution in [-0.4, -0.2) is 30.8 Å². The van der Waals surface area contributed by atoms with E-state index in [4.69, 9.17) is 9.47 Å². The molecule has 1 aromatic heterocycles. The molecule has 1 fully saturated rings. The van der Waals surface area contributed by atoms with E-state index in [1.165, 1.54) is 0 Å². The van der Waals surface area contributed by atoms with Gasteiger partial charge in [0.15, 0.2) is 5.88 Å². The zero-order valence-electron chi connectivity index (χ0n) is 10.0. The van der Waals surface area contributed by atoms with Gasteiger partial charge in [0.1, 0.15) is 11.4 Å². The van der Waals surface area contributed by atoms with Gasteiger partial charge in [-0.25, -0.2) is 0 Å². The van der Waals surface area contributed by atoms with E-state index in [0.717, 1.165) is 35.6 Å². The molecule has 2 heterocycles. The quantitative estimate of drug-likeness (QED) is 0.849. The summed E-state index contributed by atoms with van der Waals surface area (Å²) in [6.45, 7) is 3.90. The smallest absolute Gasteiger partial charge is 0.192 e. The number of fused-ring (bicyclic) bond motifs is 1. The minimum atomic E-state index is -0.0784. The Hall–Kier alpha value is -1.68. The van der Waals surface area contributed by atoms with Crippen molar-refractivity contribution in [1.29, 1.82) is 0 Å². The molecule has 0 spiro atoms. The van der Waals surface area contributed by atoms with Crippen molar-refractivity contribution in [3.8, 4) is 11.6 Å². The number of rotatable bonds is 3. The van der Waals surface area contributed by atoms with E-state index >= 15 is 0 Å². The van der Waals surface area contributed by atoms with E-state index in [2.05, 4.69) is 17.2 Å². The topological polar surface area (TPSA) is 46.3 Å². The summed E-state index contributed by atoms with van der Waals surface area (Å²) in [6.07, 6.45) is 0. The number of nitrogens with one attached hydrogen (secondary N) is 2. The summed E-state index contributed by atoms with van der Waals surface area (Å²) in [5.41, 5.74) is 0.959. The SMILES string of the molecule is COc1ccc2cc(OC3(C)CNC3)[nH]c2c1. The lowest BCUT2D eigenvalue weighted by molar-refractivity contribution is 0.0312. The Morgan fingerprint density at radius 2 is 2.06 bits per heavy atom. The van der Waals surface area contributed by atoms with Gasteiger partial charge in [-0.1, -0.05) is 0 Å². The van der Waals surface area contributed by atoms with E-state index in [1.807, 2.05) is 24.3 Å². The Morgan fingerprint density at radius 1 is 1.24 bits per heavy atom. The Morgan fingerprint density at radius 3 is 2.71 bits per heavy atom. The second-order valence-electron chi connectivity index (χ2n) is 4.74. The monoisotopic (exact) mass is 232 g/mol. The fourth-order valence-electron chi connectivity index (χ4n) is 2.08. The van der Waals surface area contributed by atoms with Gasteiger partial charge in [0, 0.05) is 30.6 Å². The second kappa shape index (κ2) is 3.67. The minimum Gasteiger partial charge on any atom is -0.497 e. The van der Waals surface area contributed by atoms with Crippen molar-refractivity contribution in [2.75, 3.05) is 20.2 Å². The lowest BCUT2D eigenvalue weighted by atomic mass is 10.0. The van der Waals surface area contributed by atoms with Gasteiger partial charge >= 0.3 is 0 Å². The first-order chi connectivity index (χ1) is 8.18. The maximum absolute atomic E-state index is 5.94. The van der Waals surface area contributed by atoms with Crippen LogP contribution >= 0.6 is 0 Å². The maximum atomic E-state index is 5.94. The molecule has 17 heavy (non-hydrogen) atoms. The molecule has 1 aromatic carbocycles. The molecule has 4 heteroatoms. The van der Waals surface area contributed by atoms with E-state index in [1.54, 1.807) is 7.11 Å². The number of methoxy groups -OCH3 is 1. The number of hydrogen-bond donors (Lipinski definition) is 2. The van der Waals surface area contributed by atoms with Crippen molar-refractivity contribution >= 4 is 10.9 Å². The summed E-state index contributed by atoms with van der Waals surface area (Å²) in [4.78, 5) is 3.26. The lowest BCUT2D eigenvalue weighted by Crippen LogP contribution is -2.61. The van der Waals surface area contributed by atoms with Crippen molar-refractivity contribution in [3.63, 3.8) is 0 Å². The number of aromatic nitrogens is 1. The van der Waals surface area contributed by atoms with Gasteiger partial charge in [-0.05, 0) is 19.1 Å². The van der Waals surface area contributed by atoms with Gasteiger partial charge in [-0.2, -0.15) is 0 Å². The normalized spacial score (nSPS) is 17.8. The van der Waals surface area contributed by atoms with Crippen LogP contribution in [-0.2, 0) is 0 Å². The summed E-state index contributed by atoms with van der Waals surface area (Å²) in [5.74, 6) is 1.67. The van der Waals surface area contributed by atoms with Gasteiger partial charge in [0.2, 0.25) is 0 Å². The molecular weight excluding hydrogens is 216 g/mol. The Balaban J connectivity index is 1.90. The van der Waals surface area contributed by atoms with E-state index < -0.39 is 0 Å². The van der Waals surface area contributed by atoms with Crippen LogP contribution in [0.2, 0.25) is 0 Å². The summed E-state index contributed by atoms with van der Waals surface area (Å²) in [6, 6.07) is 7.98. The van der Waals surface area contributed by atoms with Crippen molar-refractivity contribution in [3.05, 3.63) is 24.3 Å². The number of H-pyrrole nitrogens is 1. The largest absolute Gasteiger partial charge is 0.497 e. The van der Waals surface area contributed by atoms with Gasteiger partial charge in [0.25, 0.3) is 0 Å². The standard InChI is InChI=1S/C13H16N2O2/c1-13(7-14-8-13)17-12-5-9-3-4-10(16-2)6-11(9)15-12/h3-6,14-15H,7-8H2,1-2H3. The molecule has 0 bridgehead atoms. The molecule has 0 unspecified atom stereocenters. The maximum Gasteiger partial charge on any atom is 0.192 e.